The molecule has 0 amide bonds. The van der Waals surface area contributed by atoms with Crippen molar-refractivity contribution in [1.82, 2.24) is 0 Å². The van der Waals surface area contributed by atoms with Gasteiger partial charge in [0.15, 0.2) is 0 Å². The molecule has 0 saturated heterocycles. The molecule has 5 unspecified atom stereocenters. The van der Waals surface area contributed by atoms with E-state index in [1.54, 1.807) is 0 Å². The van der Waals surface area contributed by atoms with Crippen LogP contribution in [0, 0.1) is 29.1 Å². The molecule has 1 fully saturated rings. The van der Waals surface area contributed by atoms with Crippen LogP contribution in [-0.4, -0.2) is 0 Å². The first-order valence-corrected chi connectivity index (χ1v) is 9.87. The fourth-order valence-electron chi connectivity index (χ4n) is 4.54. The Morgan fingerprint density at radius 3 is 2.24 bits per heavy atom. The molecule has 0 radical (unpaired) electrons. The molecule has 0 spiro atoms. The van der Waals surface area contributed by atoms with E-state index in [-0.39, 0.29) is 0 Å². The van der Waals surface area contributed by atoms with Crippen LogP contribution in [0.15, 0.2) is 0 Å². The van der Waals surface area contributed by atoms with E-state index >= 15 is 0 Å². The molecule has 1 saturated carbocycles. The summed E-state index contributed by atoms with van der Waals surface area (Å²) in [6, 6.07) is 0. The van der Waals surface area contributed by atoms with E-state index in [4.69, 9.17) is 0 Å². The van der Waals surface area contributed by atoms with E-state index in [0.717, 1.165) is 23.7 Å². The number of hydrogen-bond acceptors (Lipinski definition) is 0. The maximum Gasteiger partial charge on any atom is -0.0297 e. The standard InChI is InChI=1S/C21H42/c1-7-8-10-17(2)11-9-12-19(4)16-21(6)14-13-18(3)15-20(21)5/h17-20H,7-16H2,1-6H3. The van der Waals surface area contributed by atoms with Crippen molar-refractivity contribution in [3.05, 3.63) is 0 Å². The SMILES string of the molecule is CCCCC(C)CCCC(C)CC1(C)CCC(C)CC1C. The Bertz CT molecular complexity index is 269. The van der Waals surface area contributed by atoms with Crippen LogP contribution in [0.3, 0.4) is 0 Å². The molecule has 0 aromatic heterocycles. The Labute approximate surface area is 135 Å². The van der Waals surface area contributed by atoms with Crippen molar-refractivity contribution in [2.75, 3.05) is 0 Å². The van der Waals surface area contributed by atoms with Gasteiger partial charge in [0.05, 0.1) is 0 Å². The Morgan fingerprint density at radius 1 is 1.00 bits per heavy atom. The second-order valence-electron chi connectivity index (χ2n) is 8.92. The molecule has 0 aromatic rings. The highest BCUT2D eigenvalue weighted by Crippen LogP contribution is 2.47. The molecule has 1 rings (SSSR count). The molecule has 1 aliphatic carbocycles. The summed E-state index contributed by atoms with van der Waals surface area (Å²) < 4.78 is 0. The minimum atomic E-state index is 0.625. The average Bonchev–Trinajstić information content (AvgIpc) is 2.41. The second kappa shape index (κ2) is 9.21. The Hall–Kier alpha value is 0. The van der Waals surface area contributed by atoms with Crippen molar-refractivity contribution in [3.8, 4) is 0 Å². The van der Waals surface area contributed by atoms with Crippen LogP contribution in [0.5, 0.6) is 0 Å². The van der Waals surface area contributed by atoms with Crippen LogP contribution in [-0.2, 0) is 0 Å². The van der Waals surface area contributed by atoms with Gasteiger partial charge in [-0.1, -0.05) is 86.5 Å². The molecular formula is C21H42. The normalized spacial score (nSPS) is 32.9. The van der Waals surface area contributed by atoms with Crippen LogP contribution in [0.25, 0.3) is 0 Å². The van der Waals surface area contributed by atoms with Crippen molar-refractivity contribution in [2.24, 2.45) is 29.1 Å². The van der Waals surface area contributed by atoms with Gasteiger partial charge < -0.3 is 0 Å². The highest BCUT2D eigenvalue weighted by molar-refractivity contribution is 4.87. The zero-order valence-electron chi connectivity index (χ0n) is 15.9. The molecule has 0 aromatic carbocycles. The molecule has 0 bridgehead atoms. The van der Waals surface area contributed by atoms with Gasteiger partial charge >= 0.3 is 0 Å². The zero-order chi connectivity index (χ0) is 15.9. The molecule has 5 atom stereocenters. The second-order valence-corrected chi connectivity index (χ2v) is 8.92. The first kappa shape index (κ1) is 19.0. The lowest BCUT2D eigenvalue weighted by Crippen LogP contribution is -2.33. The van der Waals surface area contributed by atoms with Crippen LogP contribution in [0.2, 0.25) is 0 Å². The van der Waals surface area contributed by atoms with Gasteiger partial charge in [-0.25, -0.2) is 0 Å². The summed E-state index contributed by atoms with van der Waals surface area (Å²) in [7, 11) is 0. The third-order valence-corrected chi connectivity index (χ3v) is 6.41. The van der Waals surface area contributed by atoms with Gasteiger partial charge in [-0.2, -0.15) is 0 Å². The van der Waals surface area contributed by atoms with E-state index in [1.165, 1.54) is 64.2 Å². The van der Waals surface area contributed by atoms with E-state index in [9.17, 15) is 0 Å². The third-order valence-electron chi connectivity index (χ3n) is 6.41. The van der Waals surface area contributed by atoms with Crippen LogP contribution in [0.4, 0.5) is 0 Å². The van der Waals surface area contributed by atoms with Gasteiger partial charge in [0.2, 0.25) is 0 Å². The smallest absolute Gasteiger partial charge is 0.0297 e. The van der Waals surface area contributed by atoms with Gasteiger partial charge in [-0.15, -0.1) is 0 Å². The molecule has 126 valence electrons. The fourth-order valence-corrected chi connectivity index (χ4v) is 4.54. The van der Waals surface area contributed by atoms with Crippen molar-refractivity contribution < 1.29 is 0 Å². The van der Waals surface area contributed by atoms with E-state index in [1.807, 2.05) is 0 Å². The molecular weight excluding hydrogens is 252 g/mol. The minimum absolute atomic E-state index is 0.625. The van der Waals surface area contributed by atoms with Crippen molar-refractivity contribution in [2.45, 2.75) is 106 Å². The summed E-state index contributed by atoms with van der Waals surface area (Å²) in [6.45, 7) is 14.8. The van der Waals surface area contributed by atoms with Gasteiger partial charge in [-0.3, -0.25) is 0 Å². The Kier molecular flexibility index (Phi) is 8.35. The Balaban J connectivity index is 2.25. The molecule has 0 aliphatic heterocycles. The molecule has 1 aliphatic rings. The van der Waals surface area contributed by atoms with Gasteiger partial charge in [0.25, 0.3) is 0 Å². The molecule has 0 N–H and O–H groups in total. The molecule has 0 heterocycles. The lowest BCUT2D eigenvalue weighted by Gasteiger charge is -2.44. The summed E-state index contributed by atoms with van der Waals surface area (Å²) in [4.78, 5) is 0. The van der Waals surface area contributed by atoms with Crippen LogP contribution in [0.1, 0.15) is 106 Å². The molecule has 0 nitrogen and oxygen atoms in total. The van der Waals surface area contributed by atoms with Gasteiger partial charge in [0, 0.05) is 0 Å². The third kappa shape index (κ3) is 6.74. The maximum atomic E-state index is 2.57. The van der Waals surface area contributed by atoms with Gasteiger partial charge in [0.1, 0.15) is 0 Å². The first-order chi connectivity index (χ1) is 9.87. The van der Waals surface area contributed by atoms with Gasteiger partial charge in [-0.05, 0) is 48.3 Å². The summed E-state index contributed by atoms with van der Waals surface area (Å²) in [5.41, 5.74) is 0.625. The average molecular weight is 295 g/mol. The molecule has 0 heteroatoms. The predicted molar refractivity (Wildman–Crippen MR) is 96.6 cm³/mol. The predicted octanol–water partition coefficient (Wildman–Crippen LogP) is 7.47. The lowest BCUT2D eigenvalue weighted by atomic mass is 9.62. The monoisotopic (exact) mass is 294 g/mol. The highest BCUT2D eigenvalue weighted by Gasteiger charge is 2.36. The molecule has 21 heavy (non-hydrogen) atoms. The largest absolute Gasteiger partial charge is 0.0654 e. The topological polar surface area (TPSA) is 0 Å². The maximum absolute atomic E-state index is 2.57. The van der Waals surface area contributed by atoms with Crippen molar-refractivity contribution in [3.63, 3.8) is 0 Å². The minimum Gasteiger partial charge on any atom is -0.0654 e. The van der Waals surface area contributed by atoms with Crippen molar-refractivity contribution in [1.29, 1.82) is 0 Å². The summed E-state index contributed by atoms with van der Waals surface area (Å²) >= 11 is 0. The number of hydrogen-bond donors (Lipinski definition) is 0. The van der Waals surface area contributed by atoms with Crippen LogP contribution < -0.4 is 0 Å². The quantitative estimate of drug-likeness (QED) is 0.413. The van der Waals surface area contributed by atoms with E-state index in [0.29, 0.717) is 5.41 Å². The Morgan fingerprint density at radius 2 is 1.62 bits per heavy atom. The highest BCUT2D eigenvalue weighted by atomic mass is 14.4. The summed E-state index contributed by atoms with van der Waals surface area (Å²) in [5.74, 6) is 3.75. The first-order valence-electron chi connectivity index (χ1n) is 9.87. The lowest BCUT2D eigenvalue weighted by molar-refractivity contribution is 0.0700. The van der Waals surface area contributed by atoms with Crippen molar-refractivity contribution >= 4 is 0 Å². The number of unbranched alkanes of at least 4 members (excludes halogenated alkanes) is 1. The van der Waals surface area contributed by atoms with E-state index < -0.39 is 0 Å². The number of rotatable bonds is 9. The summed E-state index contributed by atoms with van der Waals surface area (Å²) in [6.07, 6.45) is 14.4. The fraction of sp³-hybridized carbons (Fsp3) is 1.00. The zero-order valence-corrected chi connectivity index (χ0v) is 15.9. The van der Waals surface area contributed by atoms with E-state index in [2.05, 4.69) is 41.5 Å². The van der Waals surface area contributed by atoms with Crippen LogP contribution >= 0.6 is 0 Å². The summed E-state index contributed by atoms with van der Waals surface area (Å²) in [5, 5.41) is 0.